The lowest BCUT2D eigenvalue weighted by molar-refractivity contribution is -0.251. The molecule has 0 bridgehead atoms. The third kappa shape index (κ3) is 2.58. The first-order valence-corrected chi connectivity index (χ1v) is 13.5. The van der Waals surface area contributed by atoms with Gasteiger partial charge in [-0.15, -0.1) is 0 Å². The molecule has 2 nitrogen and oxygen atoms in total. The third-order valence-corrected chi connectivity index (χ3v) is 13.5. The van der Waals surface area contributed by atoms with Crippen LogP contribution in [-0.2, 0) is 4.79 Å². The van der Waals surface area contributed by atoms with E-state index in [1.165, 1.54) is 51.4 Å². The monoisotopic (exact) mass is 428 g/mol. The van der Waals surface area contributed by atoms with E-state index in [4.69, 9.17) is 0 Å². The Balaban J connectivity index is 1.52. The molecule has 176 valence electrons. The first kappa shape index (κ1) is 22.4. The summed E-state index contributed by atoms with van der Waals surface area (Å²) < 4.78 is 0. The van der Waals surface area contributed by atoms with Gasteiger partial charge < -0.3 is 5.11 Å². The highest BCUT2D eigenvalue weighted by Crippen LogP contribution is 2.77. The minimum Gasteiger partial charge on any atom is -0.393 e. The molecule has 5 aliphatic carbocycles. The Labute approximate surface area is 191 Å². The van der Waals surface area contributed by atoms with Gasteiger partial charge in [0.05, 0.1) is 6.10 Å². The van der Waals surface area contributed by atoms with Crippen LogP contribution in [0.25, 0.3) is 0 Å². The van der Waals surface area contributed by atoms with Crippen LogP contribution in [0.1, 0.15) is 113 Å². The van der Waals surface area contributed by atoms with Crippen molar-refractivity contribution in [2.75, 3.05) is 0 Å². The van der Waals surface area contributed by atoms with Crippen LogP contribution in [0.15, 0.2) is 0 Å². The number of hydrogen-bond acceptors (Lipinski definition) is 2. The quantitative estimate of drug-likeness (QED) is 0.486. The summed E-state index contributed by atoms with van der Waals surface area (Å²) in [6, 6.07) is 0. The summed E-state index contributed by atoms with van der Waals surface area (Å²) in [5.41, 5.74) is 1.54. The fraction of sp³-hybridized carbons (Fsp3) is 0.966. The molecule has 5 fully saturated rings. The Morgan fingerprint density at radius 3 is 1.84 bits per heavy atom. The number of carbonyl (C=O) groups is 1. The topological polar surface area (TPSA) is 37.3 Å². The SMILES string of the molecule is CC(=O)[C@@H]1CC[C@]2(C)[C@H]3CC[C@@H]4[C@@]5(C)CC[C@H](O)C(C)(C)[C@@H]5CC[C@@]4(C)[C@]3(C)CC[C@@H]12. The highest BCUT2D eigenvalue weighted by molar-refractivity contribution is 5.79. The Kier molecular flexibility index (Phi) is 4.78. The summed E-state index contributed by atoms with van der Waals surface area (Å²) in [6.07, 6.45) is 12.4. The maximum atomic E-state index is 12.4. The number of aliphatic hydroxyl groups is 1. The molecule has 2 heteroatoms. The van der Waals surface area contributed by atoms with E-state index < -0.39 is 0 Å². The Morgan fingerprint density at radius 2 is 1.23 bits per heavy atom. The van der Waals surface area contributed by atoms with E-state index in [-0.39, 0.29) is 11.5 Å². The van der Waals surface area contributed by atoms with Crippen LogP contribution in [-0.4, -0.2) is 17.0 Å². The van der Waals surface area contributed by atoms with Crippen molar-refractivity contribution in [3.8, 4) is 0 Å². The van der Waals surface area contributed by atoms with E-state index in [1.807, 2.05) is 6.92 Å². The van der Waals surface area contributed by atoms with E-state index in [0.29, 0.717) is 45.2 Å². The molecule has 0 radical (unpaired) electrons. The zero-order chi connectivity index (χ0) is 22.6. The van der Waals surface area contributed by atoms with Crippen LogP contribution in [0.2, 0.25) is 0 Å². The molecule has 5 saturated carbocycles. The van der Waals surface area contributed by atoms with Crippen LogP contribution in [0, 0.1) is 56.7 Å². The molecule has 5 aliphatic rings. The van der Waals surface area contributed by atoms with Crippen molar-refractivity contribution < 1.29 is 9.90 Å². The van der Waals surface area contributed by atoms with E-state index in [2.05, 4.69) is 41.5 Å². The normalized spacial score (nSPS) is 57.9. The summed E-state index contributed by atoms with van der Waals surface area (Å²) in [7, 11) is 0. The second-order valence-electron chi connectivity index (χ2n) is 14.4. The number of fused-ring (bicyclic) bond motifs is 7. The van der Waals surface area contributed by atoms with Gasteiger partial charge in [0, 0.05) is 5.92 Å². The Hall–Kier alpha value is -0.370. The van der Waals surface area contributed by atoms with Gasteiger partial charge in [0.2, 0.25) is 0 Å². The van der Waals surface area contributed by atoms with Gasteiger partial charge >= 0.3 is 0 Å². The second-order valence-corrected chi connectivity index (χ2v) is 14.4. The molecule has 1 N–H and O–H groups in total. The summed E-state index contributed by atoms with van der Waals surface area (Å²) in [5.74, 6) is 3.59. The third-order valence-electron chi connectivity index (χ3n) is 13.5. The molecule has 0 aromatic rings. The molecule has 0 saturated heterocycles. The number of aliphatic hydroxyl groups excluding tert-OH is 1. The van der Waals surface area contributed by atoms with Crippen molar-refractivity contribution in [1.29, 1.82) is 0 Å². The lowest BCUT2D eigenvalue weighted by atomic mass is 9.32. The maximum Gasteiger partial charge on any atom is 0.133 e. The Bertz CT molecular complexity index is 771. The van der Waals surface area contributed by atoms with Gasteiger partial charge in [-0.25, -0.2) is 0 Å². The molecular weight excluding hydrogens is 380 g/mol. The first-order chi connectivity index (χ1) is 14.3. The Morgan fingerprint density at radius 1 is 0.677 bits per heavy atom. The minimum absolute atomic E-state index is 0.0376. The number of ketones is 1. The van der Waals surface area contributed by atoms with Crippen molar-refractivity contribution in [1.82, 2.24) is 0 Å². The lowest BCUT2D eigenvalue weighted by Gasteiger charge is -2.73. The predicted molar refractivity (Wildman–Crippen MR) is 127 cm³/mol. The molecule has 0 aromatic carbocycles. The van der Waals surface area contributed by atoms with Crippen LogP contribution >= 0.6 is 0 Å². The van der Waals surface area contributed by atoms with E-state index in [0.717, 1.165) is 24.7 Å². The lowest BCUT2D eigenvalue weighted by Crippen LogP contribution is -2.66. The number of carbonyl (C=O) groups excluding carboxylic acids is 1. The molecular formula is C29H48O2. The van der Waals surface area contributed by atoms with Crippen molar-refractivity contribution in [3.63, 3.8) is 0 Å². The molecule has 0 amide bonds. The average Bonchev–Trinajstić information content (AvgIpc) is 3.03. The summed E-state index contributed by atoms with van der Waals surface area (Å²) >= 11 is 0. The summed E-state index contributed by atoms with van der Waals surface area (Å²) in [5, 5.41) is 10.9. The first-order valence-electron chi connectivity index (χ1n) is 13.5. The van der Waals surface area contributed by atoms with E-state index in [1.54, 1.807) is 0 Å². The second kappa shape index (κ2) is 6.61. The standard InChI is InChI=1S/C29H48O2/c1-18(30)19-10-14-26(4)20(19)11-16-28(6)22(26)8-9-23-27(5)15-13-24(31)25(2,3)21(27)12-17-29(23,28)7/h19-24,31H,8-17H2,1-7H3/t19-,20-,21-,22+,23+,24-,26-,27-,28+,29+/m0/s1. The largest absolute Gasteiger partial charge is 0.393 e. The molecule has 0 unspecified atom stereocenters. The zero-order valence-corrected chi connectivity index (χ0v) is 21.4. The van der Waals surface area contributed by atoms with Crippen LogP contribution in [0.5, 0.6) is 0 Å². The van der Waals surface area contributed by atoms with E-state index in [9.17, 15) is 9.90 Å². The number of Topliss-reactive ketones (excluding diaryl/α,β-unsaturated/α-hetero) is 1. The van der Waals surface area contributed by atoms with Gasteiger partial charge in [-0.3, -0.25) is 4.79 Å². The molecule has 0 heterocycles. The van der Waals surface area contributed by atoms with E-state index >= 15 is 0 Å². The highest BCUT2D eigenvalue weighted by Gasteiger charge is 2.70. The summed E-state index contributed by atoms with van der Waals surface area (Å²) in [6.45, 7) is 17.1. The van der Waals surface area contributed by atoms with Gasteiger partial charge in [0.1, 0.15) is 5.78 Å². The summed E-state index contributed by atoms with van der Waals surface area (Å²) in [4.78, 5) is 12.4. The molecule has 5 rings (SSSR count). The fourth-order valence-corrected chi connectivity index (χ4v) is 11.7. The highest BCUT2D eigenvalue weighted by atomic mass is 16.3. The number of rotatable bonds is 1. The molecule has 0 aliphatic heterocycles. The van der Waals surface area contributed by atoms with Gasteiger partial charge in [0.15, 0.2) is 0 Å². The van der Waals surface area contributed by atoms with Gasteiger partial charge in [-0.1, -0.05) is 41.5 Å². The van der Waals surface area contributed by atoms with Crippen LogP contribution in [0.4, 0.5) is 0 Å². The molecule has 10 atom stereocenters. The number of hydrogen-bond donors (Lipinski definition) is 1. The van der Waals surface area contributed by atoms with Gasteiger partial charge in [0.25, 0.3) is 0 Å². The zero-order valence-electron chi connectivity index (χ0n) is 21.4. The molecule has 0 spiro atoms. The fourth-order valence-electron chi connectivity index (χ4n) is 11.7. The van der Waals surface area contributed by atoms with Crippen LogP contribution in [0.3, 0.4) is 0 Å². The van der Waals surface area contributed by atoms with Gasteiger partial charge in [-0.2, -0.15) is 0 Å². The van der Waals surface area contributed by atoms with Crippen molar-refractivity contribution >= 4 is 5.78 Å². The van der Waals surface area contributed by atoms with Crippen molar-refractivity contribution in [2.45, 2.75) is 119 Å². The van der Waals surface area contributed by atoms with Crippen molar-refractivity contribution in [3.05, 3.63) is 0 Å². The average molecular weight is 429 g/mol. The van der Waals surface area contributed by atoms with Crippen molar-refractivity contribution in [2.24, 2.45) is 56.7 Å². The predicted octanol–water partition coefficient (Wildman–Crippen LogP) is 7.04. The van der Waals surface area contributed by atoms with Crippen LogP contribution < -0.4 is 0 Å². The van der Waals surface area contributed by atoms with Gasteiger partial charge in [-0.05, 0) is 122 Å². The maximum absolute atomic E-state index is 12.4. The minimum atomic E-state index is -0.141. The molecule has 31 heavy (non-hydrogen) atoms. The molecule has 0 aromatic heterocycles. The smallest absolute Gasteiger partial charge is 0.133 e.